The first-order valence-corrected chi connectivity index (χ1v) is 9.11. The van der Waals surface area contributed by atoms with Gasteiger partial charge in [-0.2, -0.15) is 0 Å². The first kappa shape index (κ1) is 18.7. The fourth-order valence-electron chi connectivity index (χ4n) is 3.67. The fraction of sp³-hybridized carbons (Fsp3) is 0.579. The van der Waals surface area contributed by atoms with Crippen LogP contribution in [-0.2, 0) is 14.3 Å². The zero-order valence-electron chi connectivity index (χ0n) is 15.1. The first-order chi connectivity index (χ1) is 12.6. The van der Waals surface area contributed by atoms with Gasteiger partial charge in [-0.25, -0.2) is 0 Å². The number of hydrogen-bond donors (Lipinski definition) is 2. The number of methoxy groups -OCH3 is 1. The third kappa shape index (κ3) is 4.16. The number of carbonyl (C=O) groups is 2. The van der Waals surface area contributed by atoms with Crippen molar-refractivity contribution in [3.05, 3.63) is 23.8 Å². The number of amides is 2. The maximum atomic E-state index is 12.1. The number of piperidine rings is 2. The van der Waals surface area contributed by atoms with Crippen LogP contribution in [0.1, 0.15) is 37.2 Å². The highest BCUT2D eigenvalue weighted by molar-refractivity contribution is 6.01. The second kappa shape index (κ2) is 8.51. The van der Waals surface area contributed by atoms with E-state index in [1.807, 2.05) is 18.2 Å². The molecular weight excluding hydrogens is 336 g/mol. The summed E-state index contributed by atoms with van der Waals surface area (Å²) in [6, 6.07) is 5.85. The second-order valence-corrected chi connectivity index (χ2v) is 6.72. The number of anilines is 1. The van der Waals surface area contributed by atoms with Crippen LogP contribution < -0.4 is 15.0 Å². The summed E-state index contributed by atoms with van der Waals surface area (Å²) in [4.78, 5) is 25.7. The van der Waals surface area contributed by atoms with Crippen molar-refractivity contribution in [3.8, 4) is 5.75 Å². The Hall–Kier alpha value is -2.12. The zero-order chi connectivity index (χ0) is 18.5. The Balaban J connectivity index is 1.70. The molecule has 1 aromatic rings. The quantitative estimate of drug-likeness (QED) is 0.739. The number of ether oxygens (including phenoxy) is 2. The van der Waals surface area contributed by atoms with E-state index in [0.717, 1.165) is 42.9 Å². The Kier molecular flexibility index (Phi) is 6.11. The Labute approximate surface area is 153 Å². The molecule has 7 nitrogen and oxygen atoms in total. The Morgan fingerprint density at radius 1 is 1.23 bits per heavy atom. The molecule has 3 rings (SSSR count). The number of aliphatic hydroxyl groups is 1. The van der Waals surface area contributed by atoms with Crippen LogP contribution in [0, 0.1) is 0 Å². The van der Waals surface area contributed by atoms with Crippen molar-refractivity contribution in [2.45, 2.75) is 37.7 Å². The number of nitrogens with zero attached hydrogens (tertiary/aromatic N) is 1. The van der Waals surface area contributed by atoms with Crippen molar-refractivity contribution in [1.29, 1.82) is 0 Å². The van der Waals surface area contributed by atoms with Gasteiger partial charge >= 0.3 is 0 Å². The molecule has 2 heterocycles. The minimum atomic E-state index is -0.312. The van der Waals surface area contributed by atoms with E-state index in [9.17, 15) is 9.59 Å². The van der Waals surface area contributed by atoms with Crippen molar-refractivity contribution in [2.24, 2.45) is 0 Å². The van der Waals surface area contributed by atoms with Gasteiger partial charge in [0.15, 0.2) is 0 Å². The number of imide groups is 1. The van der Waals surface area contributed by atoms with E-state index in [4.69, 9.17) is 14.6 Å². The van der Waals surface area contributed by atoms with Crippen LogP contribution >= 0.6 is 0 Å². The van der Waals surface area contributed by atoms with Crippen molar-refractivity contribution in [3.63, 3.8) is 0 Å². The first-order valence-electron chi connectivity index (χ1n) is 9.11. The van der Waals surface area contributed by atoms with E-state index in [2.05, 4.69) is 10.2 Å². The Bertz CT molecular complexity index is 655. The summed E-state index contributed by atoms with van der Waals surface area (Å²) in [5.74, 6) is -0.0192. The van der Waals surface area contributed by atoms with Crippen LogP contribution in [0.25, 0.3) is 0 Å². The smallest absolute Gasteiger partial charge is 0.234 e. The van der Waals surface area contributed by atoms with Gasteiger partial charge < -0.3 is 19.5 Å². The van der Waals surface area contributed by atoms with E-state index in [1.165, 1.54) is 0 Å². The van der Waals surface area contributed by atoms with Crippen LogP contribution in [0.4, 0.5) is 5.69 Å². The van der Waals surface area contributed by atoms with E-state index in [-0.39, 0.29) is 30.4 Å². The van der Waals surface area contributed by atoms with Crippen LogP contribution in [-0.4, -0.2) is 56.4 Å². The van der Waals surface area contributed by atoms with Gasteiger partial charge in [0.1, 0.15) is 5.75 Å². The number of rotatable bonds is 6. The summed E-state index contributed by atoms with van der Waals surface area (Å²) in [5, 5.41) is 11.3. The molecule has 142 valence electrons. The molecule has 2 aliphatic heterocycles. The molecule has 7 heteroatoms. The van der Waals surface area contributed by atoms with E-state index in [1.54, 1.807) is 7.11 Å². The van der Waals surface area contributed by atoms with Crippen LogP contribution in [0.3, 0.4) is 0 Å². The van der Waals surface area contributed by atoms with E-state index in [0.29, 0.717) is 19.4 Å². The summed E-state index contributed by atoms with van der Waals surface area (Å²) >= 11 is 0. The highest BCUT2D eigenvalue weighted by atomic mass is 16.5. The number of hydrogen-bond acceptors (Lipinski definition) is 6. The maximum absolute atomic E-state index is 12.1. The van der Waals surface area contributed by atoms with Gasteiger partial charge in [-0.1, -0.05) is 6.07 Å². The maximum Gasteiger partial charge on any atom is 0.234 e. The third-order valence-electron chi connectivity index (χ3n) is 5.07. The van der Waals surface area contributed by atoms with Gasteiger partial charge in [0.25, 0.3) is 0 Å². The predicted octanol–water partition coefficient (Wildman–Crippen LogP) is 1.19. The monoisotopic (exact) mass is 362 g/mol. The molecule has 2 aliphatic rings. The minimum Gasteiger partial charge on any atom is -0.495 e. The molecule has 0 radical (unpaired) electrons. The number of nitrogens with one attached hydrogen (secondary N) is 1. The average molecular weight is 362 g/mol. The van der Waals surface area contributed by atoms with Crippen molar-refractivity contribution >= 4 is 17.5 Å². The normalized spacial score (nSPS) is 21.6. The molecule has 1 aromatic carbocycles. The second-order valence-electron chi connectivity index (χ2n) is 6.72. The highest BCUT2D eigenvalue weighted by Crippen LogP contribution is 2.35. The van der Waals surface area contributed by atoms with Crippen LogP contribution in [0.5, 0.6) is 5.75 Å². The minimum absolute atomic E-state index is 0.0514. The summed E-state index contributed by atoms with van der Waals surface area (Å²) in [6.45, 7) is 2.14. The van der Waals surface area contributed by atoms with Gasteiger partial charge in [-0.15, -0.1) is 0 Å². The van der Waals surface area contributed by atoms with Crippen molar-refractivity contribution in [2.75, 3.05) is 38.3 Å². The molecule has 2 saturated heterocycles. The molecule has 2 fully saturated rings. The number of carbonyl (C=O) groups excluding carboxylic acids is 2. The molecule has 1 unspecified atom stereocenters. The number of benzene rings is 1. The average Bonchev–Trinajstić information content (AvgIpc) is 2.66. The van der Waals surface area contributed by atoms with Gasteiger partial charge in [0.2, 0.25) is 11.8 Å². The molecule has 0 aromatic heterocycles. The van der Waals surface area contributed by atoms with Crippen LogP contribution in [0.15, 0.2) is 18.2 Å². The zero-order valence-corrected chi connectivity index (χ0v) is 15.1. The van der Waals surface area contributed by atoms with Gasteiger partial charge in [-0.3, -0.25) is 14.9 Å². The van der Waals surface area contributed by atoms with Gasteiger partial charge in [0, 0.05) is 19.5 Å². The standard InChI is InChI=1S/C19H26N2O5/c1-25-17-12-13(15-3-5-18(23)20-19(15)24)2-4-16(17)21-8-6-14(7-9-21)26-11-10-22/h2,4,12,14-15,22H,3,5-11H2,1H3,(H,20,23,24). The topological polar surface area (TPSA) is 88.1 Å². The lowest BCUT2D eigenvalue weighted by atomic mass is 9.90. The fourth-order valence-corrected chi connectivity index (χ4v) is 3.67. The highest BCUT2D eigenvalue weighted by Gasteiger charge is 2.29. The molecule has 0 aliphatic carbocycles. The molecular formula is C19H26N2O5. The molecule has 2 N–H and O–H groups in total. The molecule has 1 atom stereocenters. The molecule has 0 spiro atoms. The lowest BCUT2D eigenvalue weighted by Crippen LogP contribution is -2.39. The predicted molar refractivity (Wildman–Crippen MR) is 96.4 cm³/mol. The summed E-state index contributed by atoms with van der Waals surface area (Å²) in [7, 11) is 1.63. The third-order valence-corrected chi connectivity index (χ3v) is 5.07. The summed E-state index contributed by atoms with van der Waals surface area (Å²) in [5.41, 5.74) is 1.88. The lowest BCUT2D eigenvalue weighted by molar-refractivity contribution is -0.134. The Morgan fingerprint density at radius 3 is 2.65 bits per heavy atom. The van der Waals surface area contributed by atoms with Gasteiger partial charge in [0.05, 0.1) is 38.0 Å². The molecule has 0 saturated carbocycles. The summed E-state index contributed by atoms with van der Waals surface area (Å²) in [6.07, 6.45) is 2.88. The van der Waals surface area contributed by atoms with E-state index < -0.39 is 0 Å². The summed E-state index contributed by atoms with van der Waals surface area (Å²) < 4.78 is 11.2. The largest absolute Gasteiger partial charge is 0.495 e. The molecule has 26 heavy (non-hydrogen) atoms. The molecule has 0 bridgehead atoms. The van der Waals surface area contributed by atoms with E-state index >= 15 is 0 Å². The van der Waals surface area contributed by atoms with Crippen LogP contribution in [0.2, 0.25) is 0 Å². The number of aliphatic hydroxyl groups excluding tert-OH is 1. The SMILES string of the molecule is COc1cc(C2CCC(=O)NC2=O)ccc1N1CCC(OCCO)CC1. The van der Waals surface area contributed by atoms with Gasteiger partial charge in [-0.05, 0) is 37.0 Å². The van der Waals surface area contributed by atoms with Crippen molar-refractivity contribution in [1.82, 2.24) is 5.32 Å². The van der Waals surface area contributed by atoms with Crippen molar-refractivity contribution < 1.29 is 24.2 Å². The lowest BCUT2D eigenvalue weighted by Gasteiger charge is -2.34. The molecule has 2 amide bonds. The Morgan fingerprint density at radius 2 is 2.00 bits per heavy atom.